The number of hydrogen-bond donors (Lipinski definition) is 0. The maximum atomic E-state index is 13.0. The molecule has 0 spiro atoms. The van der Waals surface area contributed by atoms with E-state index in [0.29, 0.717) is 5.69 Å². The van der Waals surface area contributed by atoms with Crippen molar-refractivity contribution in [3.05, 3.63) is 47.5 Å². The number of benzene rings is 1. The normalized spacial score (nSPS) is 10.5. The van der Waals surface area contributed by atoms with Crippen LogP contribution in [0.25, 0.3) is 5.69 Å². The molecule has 0 saturated heterocycles. The smallest absolute Gasteiger partial charge is 0.164 e. The van der Waals surface area contributed by atoms with Crippen molar-refractivity contribution < 1.29 is 4.39 Å². The highest BCUT2D eigenvalue weighted by Gasteiger charge is 2.04. The average molecular weight is 190 g/mol. The molecule has 72 valence electrons. The molecule has 0 N–H and O–H groups in total. The van der Waals surface area contributed by atoms with Gasteiger partial charge < -0.3 is 0 Å². The second-order valence-corrected chi connectivity index (χ2v) is 3.34. The lowest BCUT2D eigenvalue weighted by molar-refractivity contribution is 0.618. The first-order chi connectivity index (χ1) is 6.66. The van der Waals surface area contributed by atoms with E-state index in [4.69, 9.17) is 0 Å². The Morgan fingerprint density at radius 2 is 1.79 bits per heavy atom. The van der Waals surface area contributed by atoms with Crippen LogP contribution in [0.15, 0.2) is 30.5 Å². The van der Waals surface area contributed by atoms with Gasteiger partial charge in [0.1, 0.15) is 0 Å². The summed E-state index contributed by atoms with van der Waals surface area (Å²) in [6, 6.07) is 7.79. The topological polar surface area (TPSA) is 17.8 Å². The molecule has 0 atom stereocenters. The lowest BCUT2D eigenvalue weighted by Crippen LogP contribution is -1.94. The van der Waals surface area contributed by atoms with Crippen LogP contribution in [-0.4, -0.2) is 9.78 Å². The van der Waals surface area contributed by atoms with Gasteiger partial charge in [0.2, 0.25) is 0 Å². The molecule has 0 aliphatic carbocycles. The highest BCUT2D eigenvalue weighted by molar-refractivity contribution is 5.33. The fourth-order valence-corrected chi connectivity index (χ4v) is 1.27. The molecule has 1 aromatic carbocycles. The van der Waals surface area contributed by atoms with Gasteiger partial charge >= 0.3 is 0 Å². The van der Waals surface area contributed by atoms with Gasteiger partial charge in [-0.2, -0.15) is 5.10 Å². The van der Waals surface area contributed by atoms with Crippen LogP contribution in [-0.2, 0) is 0 Å². The molecule has 3 heteroatoms. The van der Waals surface area contributed by atoms with Gasteiger partial charge in [0, 0.05) is 0 Å². The molecule has 0 bridgehead atoms. The Kier molecular flexibility index (Phi) is 2.08. The first kappa shape index (κ1) is 8.94. The lowest BCUT2D eigenvalue weighted by atomic mass is 10.2. The van der Waals surface area contributed by atoms with Crippen LogP contribution in [0.3, 0.4) is 0 Å². The van der Waals surface area contributed by atoms with Crippen molar-refractivity contribution in [1.29, 1.82) is 0 Å². The van der Waals surface area contributed by atoms with Crippen LogP contribution < -0.4 is 0 Å². The molecule has 2 aromatic rings. The standard InChI is InChI=1S/C11H11FN2/c1-8-3-5-10(6-4-8)14-7-11(12)9(2)13-14/h3-7H,1-2H3. The summed E-state index contributed by atoms with van der Waals surface area (Å²) in [6.07, 6.45) is 1.39. The zero-order valence-corrected chi connectivity index (χ0v) is 8.16. The molecule has 14 heavy (non-hydrogen) atoms. The van der Waals surface area contributed by atoms with E-state index < -0.39 is 0 Å². The minimum absolute atomic E-state index is 0.273. The highest BCUT2D eigenvalue weighted by atomic mass is 19.1. The van der Waals surface area contributed by atoms with E-state index in [1.807, 2.05) is 31.2 Å². The van der Waals surface area contributed by atoms with Crippen LogP contribution in [0.1, 0.15) is 11.3 Å². The number of nitrogens with zero attached hydrogens (tertiary/aromatic N) is 2. The fourth-order valence-electron chi connectivity index (χ4n) is 1.27. The van der Waals surface area contributed by atoms with E-state index in [1.165, 1.54) is 11.8 Å². The molecule has 1 aromatic heterocycles. The Labute approximate surface area is 82.0 Å². The second-order valence-electron chi connectivity index (χ2n) is 3.34. The number of hydrogen-bond acceptors (Lipinski definition) is 1. The molecule has 0 aliphatic rings. The first-order valence-electron chi connectivity index (χ1n) is 4.45. The Balaban J connectivity index is 2.44. The first-order valence-corrected chi connectivity index (χ1v) is 4.45. The summed E-state index contributed by atoms with van der Waals surface area (Å²) in [7, 11) is 0. The third-order valence-corrected chi connectivity index (χ3v) is 2.14. The van der Waals surface area contributed by atoms with Crippen LogP contribution in [0, 0.1) is 19.7 Å². The number of aryl methyl sites for hydroxylation is 2. The van der Waals surface area contributed by atoms with Crippen LogP contribution in [0.4, 0.5) is 4.39 Å². The van der Waals surface area contributed by atoms with Crippen molar-refractivity contribution >= 4 is 0 Å². The van der Waals surface area contributed by atoms with E-state index in [0.717, 1.165) is 5.69 Å². The van der Waals surface area contributed by atoms with Crippen LogP contribution >= 0.6 is 0 Å². The third kappa shape index (κ3) is 1.53. The summed E-state index contributed by atoms with van der Waals surface area (Å²) in [5.41, 5.74) is 2.48. The molecular weight excluding hydrogens is 179 g/mol. The van der Waals surface area contributed by atoms with E-state index in [1.54, 1.807) is 11.6 Å². The third-order valence-electron chi connectivity index (χ3n) is 2.14. The van der Waals surface area contributed by atoms with Crippen molar-refractivity contribution in [2.24, 2.45) is 0 Å². The zero-order chi connectivity index (χ0) is 10.1. The van der Waals surface area contributed by atoms with Gasteiger partial charge in [-0.05, 0) is 26.0 Å². The molecule has 0 amide bonds. The van der Waals surface area contributed by atoms with E-state index in [-0.39, 0.29) is 5.82 Å². The summed E-state index contributed by atoms with van der Waals surface area (Å²) >= 11 is 0. The minimum Gasteiger partial charge on any atom is -0.238 e. The van der Waals surface area contributed by atoms with Gasteiger partial charge in [-0.25, -0.2) is 9.07 Å². The fraction of sp³-hybridized carbons (Fsp3) is 0.182. The van der Waals surface area contributed by atoms with Crippen LogP contribution in [0.5, 0.6) is 0 Å². The zero-order valence-electron chi connectivity index (χ0n) is 8.16. The summed E-state index contributed by atoms with van der Waals surface area (Å²) in [5.74, 6) is -0.273. The van der Waals surface area contributed by atoms with Gasteiger partial charge in [0.15, 0.2) is 5.82 Å². The van der Waals surface area contributed by atoms with Gasteiger partial charge in [-0.1, -0.05) is 17.7 Å². The van der Waals surface area contributed by atoms with E-state index in [9.17, 15) is 4.39 Å². The molecule has 2 rings (SSSR count). The lowest BCUT2D eigenvalue weighted by Gasteiger charge is -2.00. The molecule has 1 heterocycles. The molecule has 2 nitrogen and oxygen atoms in total. The monoisotopic (exact) mass is 190 g/mol. The number of rotatable bonds is 1. The van der Waals surface area contributed by atoms with Crippen molar-refractivity contribution in [2.45, 2.75) is 13.8 Å². The molecule has 0 unspecified atom stereocenters. The number of halogens is 1. The summed E-state index contributed by atoms with van der Waals surface area (Å²) in [6.45, 7) is 3.67. The molecule has 0 saturated carbocycles. The van der Waals surface area contributed by atoms with E-state index in [2.05, 4.69) is 5.10 Å². The maximum Gasteiger partial charge on any atom is 0.164 e. The minimum atomic E-state index is -0.273. The van der Waals surface area contributed by atoms with Gasteiger partial charge in [0.25, 0.3) is 0 Å². The molecular formula is C11H11FN2. The Hall–Kier alpha value is -1.64. The number of aromatic nitrogens is 2. The quantitative estimate of drug-likeness (QED) is 0.676. The molecule has 0 radical (unpaired) electrons. The average Bonchev–Trinajstić information content (AvgIpc) is 2.48. The Morgan fingerprint density at radius 1 is 1.14 bits per heavy atom. The Bertz CT molecular complexity index is 423. The highest BCUT2D eigenvalue weighted by Crippen LogP contribution is 2.11. The van der Waals surface area contributed by atoms with Gasteiger partial charge in [-0.3, -0.25) is 0 Å². The largest absolute Gasteiger partial charge is 0.238 e. The maximum absolute atomic E-state index is 13.0. The summed E-state index contributed by atoms with van der Waals surface area (Å²) < 4.78 is 14.6. The predicted molar refractivity (Wildman–Crippen MR) is 53.0 cm³/mol. The SMILES string of the molecule is Cc1ccc(-n2cc(F)c(C)n2)cc1. The van der Waals surface area contributed by atoms with Crippen LogP contribution in [0.2, 0.25) is 0 Å². The summed E-state index contributed by atoms with van der Waals surface area (Å²) in [4.78, 5) is 0. The Morgan fingerprint density at radius 3 is 2.29 bits per heavy atom. The van der Waals surface area contributed by atoms with Crippen molar-refractivity contribution in [1.82, 2.24) is 9.78 Å². The molecule has 0 aliphatic heterocycles. The van der Waals surface area contributed by atoms with Gasteiger partial charge in [0.05, 0.1) is 17.6 Å². The van der Waals surface area contributed by atoms with Crippen molar-refractivity contribution in [3.8, 4) is 5.69 Å². The van der Waals surface area contributed by atoms with E-state index >= 15 is 0 Å². The predicted octanol–water partition coefficient (Wildman–Crippen LogP) is 2.63. The van der Waals surface area contributed by atoms with Crippen molar-refractivity contribution in [2.75, 3.05) is 0 Å². The second kappa shape index (κ2) is 3.25. The van der Waals surface area contributed by atoms with Crippen molar-refractivity contribution in [3.63, 3.8) is 0 Å². The summed E-state index contributed by atoms with van der Waals surface area (Å²) in [5, 5.41) is 4.05. The molecule has 0 fully saturated rings. The van der Waals surface area contributed by atoms with Gasteiger partial charge in [-0.15, -0.1) is 0 Å².